The molecule has 1 heterocycles. The molecule has 2 fully saturated rings. The van der Waals surface area contributed by atoms with E-state index in [0.29, 0.717) is 18.2 Å². The minimum atomic E-state index is -0.210. The molecule has 3 nitrogen and oxygen atoms in total. The molecule has 0 spiro atoms. The van der Waals surface area contributed by atoms with Crippen LogP contribution >= 0.6 is 0 Å². The fourth-order valence-electron chi connectivity index (χ4n) is 3.16. The first-order valence-corrected chi connectivity index (χ1v) is 8.03. The second kappa shape index (κ2) is 6.75. The summed E-state index contributed by atoms with van der Waals surface area (Å²) in [6.07, 6.45) is 5.18. The lowest BCUT2D eigenvalue weighted by molar-refractivity contribution is 0.163. The van der Waals surface area contributed by atoms with E-state index < -0.39 is 0 Å². The Hall–Kier alpha value is -1.13. The summed E-state index contributed by atoms with van der Waals surface area (Å²) >= 11 is 0. The number of methoxy groups -OCH3 is 1. The SMILES string of the molecule is COc1cccc(CN2CCCC(CNC3CC3)C2)c1F. The van der Waals surface area contributed by atoms with Crippen LogP contribution in [0.1, 0.15) is 31.2 Å². The van der Waals surface area contributed by atoms with Gasteiger partial charge in [-0.15, -0.1) is 0 Å². The van der Waals surface area contributed by atoms with Gasteiger partial charge in [0, 0.05) is 24.7 Å². The lowest BCUT2D eigenvalue weighted by atomic mass is 9.97. The molecule has 1 saturated heterocycles. The molecule has 1 N–H and O–H groups in total. The Labute approximate surface area is 126 Å². The van der Waals surface area contributed by atoms with Gasteiger partial charge < -0.3 is 10.1 Å². The van der Waals surface area contributed by atoms with Gasteiger partial charge in [0.15, 0.2) is 11.6 Å². The van der Waals surface area contributed by atoms with Gasteiger partial charge in [0.1, 0.15) is 0 Å². The summed E-state index contributed by atoms with van der Waals surface area (Å²) in [5.74, 6) is 0.836. The maximum atomic E-state index is 14.2. The Bertz CT molecular complexity index is 476. The molecule has 4 heteroatoms. The number of hydrogen-bond acceptors (Lipinski definition) is 3. The van der Waals surface area contributed by atoms with Gasteiger partial charge in [0.25, 0.3) is 0 Å². The third-order valence-electron chi connectivity index (χ3n) is 4.53. The highest BCUT2D eigenvalue weighted by molar-refractivity contribution is 5.31. The van der Waals surface area contributed by atoms with Crippen LogP contribution in [0.5, 0.6) is 5.75 Å². The predicted molar refractivity (Wildman–Crippen MR) is 82.0 cm³/mol. The smallest absolute Gasteiger partial charge is 0.169 e. The van der Waals surface area contributed by atoms with E-state index in [4.69, 9.17) is 4.74 Å². The van der Waals surface area contributed by atoms with Crippen molar-refractivity contribution in [3.8, 4) is 5.75 Å². The maximum Gasteiger partial charge on any atom is 0.169 e. The van der Waals surface area contributed by atoms with Crippen molar-refractivity contribution in [2.24, 2.45) is 5.92 Å². The molecule has 3 rings (SSSR count). The van der Waals surface area contributed by atoms with Crippen molar-refractivity contribution in [3.05, 3.63) is 29.6 Å². The molecule has 0 bridgehead atoms. The number of benzene rings is 1. The molecule has 21 heavy (non-hydrogen) atoms. The fourth-order valence-corrected chi connectivity index (χ4v) is 3.16. The molecule has 116 valence electrons. The number of likely N-dealkylation sites (tertiary alicyclic amines) is 1. The van der Waals surface area contributed by atoms with Crippen molar-refractivity contribution < 1.29 is 9.13 Å². The highest BCUT2D eigenvalue weighted by atomic mass is 19.1. The number of ether oxygens (including phenoxy) is 1. The minimum Gasteiger partial charge on any atom is -0.494 e. The first-order chi connectivity index (χ1) is 10.3. The minimum absolute atomic E-state index is 0.210. The van der Waals surface area contributed by atoms with Crippen LogP contribution in [0, 0.1) is 11.7 Å². The second-order valence-corrected chi connectivity index (χ2v) is 6.36. The van der Waals surface area contributed by atoms with E-state index in [2.05, 4.69) is 10.2 Å². The Morgan fingerprint density at radius 2 is 2.19 bits per heavy atom. The van der Waals surface area contributed by atoms with E-state index in [1.165, 1.54) is 32.8 Å². The van der Waals surface area contributed by atoms with E-state index >= 15 is 0 Å². The first-order valence-electron chi connectivity index (χ1n) is 8.03. The summed E-state index contributed by atoms with van der Waals surface area (Å²) < 4.78 is 19.3. The van der Waals surface area contributed by atoms with Crippen LogP contribution in [-0.2, 0) is 6.54 Å². The molecule has 2 aliphatic rings. The van der Waals surface area contributed by atoms with Gasteiger partial charge >= 0.3 is 0 Å². The van der Waals surface area contributed by atoms with E-state index in [1.54, 1.807) is 6.07 Å². The van der Waals surface area contributed by atoms with Crippen molar-refractivity contribution >= 4 is 0 Å². The third kappa shape index (κ3) is 3.95. The lowest BCUT2D eigenvalue weighted by Crippen LogP contribution is -2.39. The van der Waals surface area contributed by atoms with Crippen molar-refractivity contribution in [1.82, 2.24) is 10.2 Å². The van der Waals surface area contributed by atoms with Gasteiger partial charge in [-0.2, -0.15) is 0 Å². The summed E-state index contributed by atoms with van der Waals surface area (Å²) in [6.45, 7) is 3.93. The van der Waals surface area contributed by atoms with E-state index in [1.807, 2.05) is 12.1 Å². The standard InChI is InChI=1S/C17H25FN2O/c1-21-16-6-2-5-14(17(16)18)12-20-9-3-4-13(11-20)10-19-15-7-8-15/h2,5-6,13,15,19H,3-4,7-12H2,1H3. The maximum absolute atomic E-state index is 14.2. The van der Waals surface area contributed by atoms with Crippen molar-refractivity contribution in [2.45, 2.75) is 38.3 Å². The summed E-state index contributed by atoms with van der Waals surface area (Å²) in [5.41, 5.74) is 0.741. The molecular formula is C17H25FN2O. The largest absolute Gasteiger partial charge is 0.494 e. The van der Waals surface area contributed by atoms with Gasteiger partial charge in [-0.3, -0.25) is 4.90 Å². The van der Waals surface area contributed by atoms with Crippen molar-refractivity contribution in [2.75, 3.05) is 26.7 Å². The molecular weight excluding hydrogens is 267 g/mol. The number of rotatable bonds is 6. The van der Waals surface area contributed by atoms with Crippen LogP contribution < -0.4 is 10.1 Å². The van der Waals surface area contributed by atoms with Crippen LogP contribution in [0.4, 0.5) is 4.39 Å². The fraction of sp³-hybridized carbons (Fsp3) is 0.647. The highest BCUT2D eigenvalue weighted by Gasteiger charge is 2.25. The van der Waals surface area contributed by atoms with E-state index in [9.17, 15) is 4.39 Å². The number of hydrogen-bond donors (Lipinski definition) is 1. The number of nitrogens with zero attached hydrogens (tertiary/aromatic N) is 1. The third-order valence-corrected chi connectivity index (χ3v) is 4.53. The van der Waals surface area contributed by atoms with Gasteiger partial charge in [0.05, 0.1) is 7.11 Å². The normalized spacial score (nSPS) is 23.2. The molecule has 0 aromatic heterocycles. The van der Waals surface area contributed by atoms with Crippen molar-refractivity contribution in [1.29, 1.82) is 0 Å². The zero-order valence-corrected chi connectivity index (χ0v) is 12.8. The predicted octanol–water partition coefficient (Wildman–Crippen LogP) is 2.80. The topological polar surface area (TPSA) is 24.5 Å². The second-order valence-electron chi connectivity index (χ2n) is 6.36. The zero-order chi connectivity index (χ0) is 14.7. The van der Waals surface area contributed by atoms with Crippen molar-refractivity contribution in [3.63, 3.8) is 0 Å². The Kier molecular flexibility index (Phi) is 4.76. The lowest BCUT2D eigenvalue weighted by Gasteiger charge is -2.33. The van der Waals surface area contributed by atoms with E-state index in [-0.39, 0.29) is 5.82 Å². The molecule has 0 amide bonds. The Morgan fingerprint density at radius 3 is 2.95 bits per heavy atom. The Morgan fingerprint density at radius 1 is 1.33 bits per heavy atom. The zero-order valence-electron chi connectivity index (χ0n) is 12.8. The number of halogens is 1. The molecule has 1 saturated carbocycles. The average Bonchev–Trinajstić information content (AvgIpc) is 3.32. The van der Waals surface area contributed by atoms with Crippen LogP contribution in [0.2, 0.25) is 0 Å². The molecule has 1 aromatic rings. The van der Waals surface area contributed by atoms with Gasteiger partial charge in [-0.25, -0.2) is 4.39 Å². The summed E-state index contributed by atoms with van der Waals surface area (Å²) in [6, 6.07) is 6.19. The molecule has 1 aromatic carbocycles. The molecule has 1 aliphatic carbocycles. The van der Waals surface area contributed by atoms with Gasteiger partial charge in [-0.1, -0.05) is 12.1 Å². The highest BCUT2D eigenvalue weighted by Crippen LogP contribution is 2.25. The summed E-state index contributed by atoms with van der Waals surface area (Å²) in [5, 5.41) is 3.62. The summed E-state index contributed by atoms with van der Waals surface area (Å²) in [4.78, 5) is 2.38. The quantitative estimate of drug-likeness (QED) is 0.872. The molecule has 1 aliphatic heterocycles. The molecule has 0 radical (unpaired) electrons. The van der Waals surface area contributed by atoms with Crippen LogP contribution in [0.15, 0.2) is 18.2 Å². The van der Waals surface area contributed by atoms with E-state index in [0.717, 1.165) is 31.2 Å². The number of piperidine rings is 1. The monoisotopic (exact) mass is 292 g/mol. The van der Waals surface area contributed by atoms with Gasteiger partial charge in [0.2, 0.25) is 0 Å². The molecule has 1 unspecified atom stereocenters. The molecule has 1 atom stereocenters. The average molecular weight is 292 g/mol. The number of nitrogens with one attached hydrogen (secondary N) is 1. The summed E-state index contributed by atoms with van der Waals surface area (Å²) in [7, 11) is 1.52. The van der Waals surface area contributed by atoms with Crippen LogP contribution in [0.25, 0.3) is 0 Å². The Balaban J connectivity index is 1.56. The van der Waals surface area contributed by atoms with Crippen LogP contribution in [0.3, 0.4) is 0 Å². The van der Waals surface area contributed by atoms with Crippen LogP contribution in [-0.4, -0.2) is 37.7 Å². The first kappa shape index (κ1) is 14.8. The van der Waals surface area contributed by atoms with Gasteiger partial charge in [-0.05, 0) is 50.8 Å².